The van der Waals surface area contributed by atoms with Crippen molar-refractivity contribution in [3.05, 3.63) is 66.1 Å². The lowest BCUT2D eigenvalue weighted by Gasteiger charge is -2.05. The minimum absolute atomic E-state index is 0.126. The minimum atomic E-state index is -3.53. The van der Waals surface area contributed by atoms with Crippen LogP contribution in [0.1, 0.15) is 11.5 Å². The zero-order valence-electron chi connectivity index (χ0n) is 13.1. The summed E-state index contributed by atoms with van der Waals surface area (Å²) in [6.07, 6.45) is 3.49. The third-order valence-corrected chi connectivity index (χ3v) is 4.68. The van der Waals surface area contributed by atoms with Gasteiger partial charge >= 0.3 is 0 Å². The van der Waals surface area contributed by atoms with Crippen LogP contribution in [0.3, 0.4) is 0 Å². The molecule has 0 saturated carbocycles. The predicted molar refractivity (Wildman–Crippen MR) is 88.3 cm³/mol. The first-order chi connectivity index (χ1) is 12.0. The quantitative estimate of drug-likeness (QED) is 0.690. The van der Waals surface area contributed by atoms with Crippen LogP contribution in [0, 0.1) is 5.82 Å². The highest BCUT2D eigenvalue weighted by molar-refractivity contribution is 7.88. The van der Waals surface area contributed by atoms with Crippen LogP contribution >= 0.6 is 0 Å². The third kappa shape index (κ3) is 4.91. The van der Waals surface area contributed by atoms with Gasteiger partial charge in [0, 0.05) is 30.9 Å². The Balaban J connectivity index is 1.54. The molecule has 0 radical (unpaired) electrons. The first kappa shape index (κ1) is 17.2. The molecule has 0 amide bonds. The average Bonchev–Trinajstić information content (AvgIpc) is 3.06. The molecule has 0 fully saturated rings. The summed E-state index contributed by atoms with van der Waals surface area (Å²) in [6, 6.07) is 8.81. The Morgan fingerprint density at radius 3 is 2.48 bits per heavy atom. The van der Waals surface area contributed by atoms with E-state index in [9.17, 15) is 12.8 Å². The molecule has 3 rings (SSSR count). The molecular weight excluding hydrogens is 347 g/mol. The maximum absolute atomic E-state index is 12.8. The van der Waals surface area contributed by atoms with Crippen molar-refractivity contribution in [1.29, 1.82) is 0 Å². The van der Waals surface area contributed by atoms with E-state index in [4.69, 9.17) is 4.42 Å². The Kier molecular flexibility index (Phi) is 5.15. The molecule has 2 heterocycles. The van der Waals surface area contributed by atoms with Gasteiger partial charge in [-0.1, -0.05) is 12.1 Å². The van der Waals surface area contributed by atoms with Gasteiger partial charge in [0.05, 0.1) is 5.75 Å². The van der Waals surface area contributed by atoms with E-state index in [2.05, 4.69) is 19.9 Å². The molecular formula is C16H15FN4O3S. The summed E-state index contributed by atoms with van der Waals surface area (Å²) in [6.45, 7) is 0.126. The number of benzene rings is 1. The number of hydrogen-bond acceptors (Lipinski definition) is 6. The zero-order valence-corrected chi connectivity index (χ0v) is 13.9. The molecule has 25 heavy (non-hydrogen) atoms. The van der Waals surface area contributed by atoms with E-state index in [0.29, 0.717) is 17.3 Å². The molecule has 0 aliphatic rings. The van der Waals surface area contributed by atoms with Gasteiger partial charge in [-0.15, -0.1) is 10.2 Å². The Hall–Kier alpha value is -2.65. The number of sulfonamides is 1. The molecule has 3 aromatic rings. The molecule has 0 saturated heterocycles. The Morgan fingerprint density at radius 2 is 1.76 bits per heavy atom. The number of nitrogens with zero attached hydrogens (tertiary/aromatic N) is 3. The Bertz CT molecular complexity index is 928. The summed E-state index contributed by atoms with van der Waals surface area (Å²) in [5.74, 6) is 0.0534. The van der Waals surface area contributed by atoms with E-state index < -0.39 is 15.8 Å². The monoisotopic (exact) mass is 362 g/mol. The van der Waals surface area contributed by atoms with Gasteiger partial charge in [-0.05, 0) is 29.8 Å². The number of hydrogen-bond donors (Lipinski definition) is 1. The molecule has 2 aromatic heterocycles. The van der Waals surface area contributed by atoms with Gasteiger partial charge in [-0.3, -0.25) is 4.98 Å². The first-order valence-corrected chi connectivity index (χ1v) is 9.12. The fraction of sp³-hybridized carbons (Fsp3) is 0.188. The van der Waals surface area contributed by atoms with E-state index in [1.807, 2.05) is 0 Å². The molecule has 0 unspecified atom stereocenters. The van der Waals surface area contributed by atoms with Gasteiger partial charge in [0.25, 0.3) is 0 Å². The fourth-order valence-electron chi connectivity index (χ4n) is 2.13. The van der Waals surface area contributed by atoms with Crippen molar-refractivity contribution in [2.24, 2.45) is 0 Å². The van der Waals surface area contributed by atoms with E-state index in [1.165, 1.54) is 24.3 Å². The van der Waals surface area contributed by atoms with Crippen molar-refractivity contribution < 1.29 is 17.2 Å². The molecule has 0 aliphatic heterocycles. The molecule has 0 aliphatic carbocycles. The minimum Gasteiger partial charge on any atom is -0.421 e. The normalized spacial score (nSPS) is 11.6. The maximum Gasteiger partial charge on any atom is 0.247 e. The van der Waals surface area contributed by atoms with Gasteiger partial charge in [0.2, 0.25) is 21.8 Å². The summed E-state index contributed by atoms with van der Waals surface area (Å²) in [5, 5.41) is 7.81. The van der Waals surface area contributed by atoms with Gasteiger partial charge in [-0.2, -0.15) is 0 Å². The van der Waals surface area contributed by atoms with Crippen LogP contribution in [0.5, 0.6) is 0 Å². The highest BCUT2D eigenvalue weighted by Gasteiger charge is 2.13. The Morgan fingerprint density at radius 1 is 1.04 bits per heavy atom. The predicted octanol–water partition coefficient (Wildman–Crippen LogP) is 1.93. The molecule has 9 heteroatoms. The summed E-state index contributed by atoms with van der Waals surface area (Å²) >= 11 is 0. The van der Waals surface area contributed by atoms with Crippen molar-refractivity contribution in [3.63, 3.8) is 0 Å². The zero-order chi connectivity index (χ0) is 17.7. The van der Waals surface area contributed by atoms with Crippen LogP contribution in [-0.2, 0) is 22.2 Å². The standard InChI is InChI=1S/C16H15FN4O3S/c17-14-3-1-12(2-4-14)11-25(22,23)19-10-7-15-20-21-16(24-15)13-5-8-18-9-6-13/h1-6,8-9,19H,7,10-11H2. The second kappa shape index (κ2) is 7.49. The number of nitrogens with one attached hydrogen (secondary N) is 1. The van der Waals surface area contributed by atoms with Crippen LogP contribution in [0.25, 0.3) is 11.5 Å². The van der Waals surface area contributed by atoms with E-state index in [0.717, 1.165) is 5.56 Å². The lowest BCUT2D eigenvalue weighted by Crippen LogP contribution is -2.27. The molecule has 130 valence electrons. The van der Waals surface area contributed by atoms with Crippen molar-refractivity contribution in [2.75, 3.05) is 6.54 Å². The Labute approximate surface area is 144 Å². The smallest absolute Gasteiger partial charge is 0.247 e. The third-order valence-electron chi connectivity index (χ3n) is 3.32. The van der Waals surface area contributed by atoms with Crippen LogP contribution in [0.15, 0.2) is 53.2 Å². The van der Waals surface area contributed by atoms with E-state index in [-0.39, 0.29) is 18.7 Å². The lowest BCUT2D eigenvalue weighted by atomic mass is 10.2. The van der Waals surface area contributed by atoms with Crippen LogP contribution < -0.4 is 4.72 Å². The molecule has 0 spiro atoms. The average molecular weight is 362 g/mol. The van der Waals surface area contributed by atoms with Crippen molar-refractivity contribution >= 4 is 10.0 Å². The van der Waals surface area contributed by atoms with Crippen molar-refractivity contribution in [2.45, 2.75) is 12.2 Å². The second-order valence-electron chi connectivity index (χ2n) is 5.27. The lowest BCUT2D eigenvalue weighted by molar-refractivity contribution is 0.502. The van der Waals surface area contributed by atoms with Gasteiger partial charge in [0.1, 0.15) is 5.82 Å². The van der Waals surface area contributed by atoms with Gasteiger partial charge in [-0.25, -0.2) is 17.5 Å². The molecule has 7 nitrogen and oxygen atoms in total. The number of rotatable bonds is 7. The van der Waals surface area contributed by atoms with Crippen LogP contribution in [0.2, 0.25) is 0 Å². The summed E-state index contributed by atoms with van der Waals surface area (Å²) in [4.78, 5) is 3.91. The number of halogens is 1. The summed E-state index contributed by atoms with van der Waals surface area (Å²) in [7, 11) is -3.53. The van der Waals surface area contributed by atoms with Crippen LogP contribution in [-0.4, -0.2) is 30.1 Å². The largest absolute Gasteiger partial charge is 0.421 e. The molecule has 1 aromatic carbocycles. The second-order valence-corrected chi connectivity index (χ2v) is 7.07. The SMILES string of the molecule is O=S(=O)(Cc1ccc(F)cc1)NCCc1nnc(-c2ccncc2)o1. The van der Waals surface area contributed by atoms with Crippen LogP contribution in [0.4, 0.5) is 4.39 Å². The highest BCUT2D eigenvalue weighted by atomic mass is 32.2. The maximum atomic E-state index is 12.8. The topological polar surface area (TPSA) is 98.0 Å². The highest BCUT2D eigenvalue weighted by Crippen LogP contribution is 2.16. The number of pyridine rings is 1. The summed E-state index contributed by atoms with van der Waals surface area (Å²) < 4.78 is 44.8. The van der Waals surface area contributed by atoms with Gasteiger partial charge < -0.3 is 4.42 Å². The van der Waals surface area contributed by atoms with Crippen molar-refractivity contribution in [1.82, 2.24) is 19.9 Å². The molecule has 1 N–H and O–H groups in total. The van der Waals surface area contributed by atoms with Gasteiger partial charge in [0.15, 0.2) is 0 Å². The first-order valence-electron chi connectivity index (χ1n) is 7.46. The molecule has 0 atom stereocenters. The fourth-order valence-corrected chi connectivity index (χ4v) is 3.28. The van der Waals surface area contributed by atoms with E-state index in [1.54, 1.807) is 24.5 Å². The van der Waals surface area contributed by atoms with E-state index >= 15 is 0 Å². The number of aromatic nitrogens is 3. The van der Waals surface area contributed by atoms with Crippen molar-refractivity contribution in [3.8, 4) is 11.5 Å². The molecule has 0 bridgehead atoms. The summed E-state index contributed by atoms with van der Waals surface area (Å²) in [5.41, 5.74) is 1.25.